The lowest BCUT2D eigenvalue weighted by Gasteiger charge is -2.36. The zero-order valence-corrected chi connectivity index (χ0v) is 22.2. The van der Waals surface area contributed by atoms with Crippen LogP contribution in [0.25, 0.3) is 27.7 Å². The van der Waals surface area contributed by atoms with Crippen LogP contribution in [0.2, 0.25) is 0 Å². The van der Waals surface area contributed by atoms with E-state index in [0.29, 0.717) is 40.5 Å². The number of pyridine rings is 1. The van der Waals surface area contributed by atoms with E-state index in [4.69, 9.17) is 20.2 Å². The fourth-order valence-electron chi connectivity index (χ4n) is 5.23. The molecular formula is C26H28FN5O6S. The van der Waals surface area contributed by atoms with Crippen LogP contribution in [0.5, 0.6) is 0 Å². The molecule has 0 radical (unpaired) electrons. The summed E-state index contributed by atoms with van der Waals surface area (Å²) < 4.78 is 51.6. The molecule has 11 nitrogen and oxygen atoms in total. The first kappa shape index (κ1) is 26.9. The van der Waals surface area contributed by atoms with Gasteiger partial charge in [-0.15, -0.1) is 0 Å². The van der Waals surface area contributed by atoms with Gasteiger partial charge in [0.1, 0.15) is 16.5 Å². The number of carboxylic acids is 1. The van der Waals surface area contributed by atoms with Crippen LogP contribution in [-0.4, -0.2) is 71.3 Å². The molecule has 13 heteroatoms. The van der Waals surface area contributed by atoms with E-state index in [1.807, 2.05) is 0 Å². The van der Waals surface area contributed by atoms with Gasteiger partial charge in [-0.2, -0.15) is 9.61 Å². The maximum absolute atomic E-state index is 13.8. The maximum atomic E-state index is 13.8. The van der Waals surface area contributed by atoms with Crippen molar-refractivity contribution in [1.82, 2.24) is 19.6 Å². The third-order valence-corrected chi connectivity index (χ3v) is 8.38. The van der Waals surface area contributed by atoms with Crippen LogP contribution >= 0.6 is 0 Å². The number of carbonyl (C=O) groups is 1. The molecule has 1 aromatic carbocycles. The van der Waals surface area contributed by atoms with Crippen LogP contribution in [0.4, 0.5) is 10.2 Å². The van der Waals surface area contributed by atoms with E-state index in [2.05, 4.69) is 10.1 Å². The number of sulfone groups is 1. The lowest BCUT2D eigenvalue weighted by atomic mass is 9.77. The number of aromatic nitrogens is 4. The Balaban J connectivity index is 1.59. The van der Waals surface area contributed by atoms with E-state index >= 15 is 0 Å². The number of fused-ring (bicyclic) bond motifs is 2. The van der Waals surface area contributed by atoms with Crippen molar-refractivity contribution in [3.63, 3.8) is 0 Å². The number of aliphatic carboxylic acids is 1. The van der Waals surface area contributed by atoms with Crippen LogP contribution in [0.1, 0.15) is 37.3 Å². The van der Waals surface area contributed by atoms with Crippen molar-refractivity contribution in [3.05, 3.63) is 48.2 Å². The Hall–Kier alpha value is -3.68. The molecule has 0 atom stereocenters. The van der Waals surface area contributed by atoms with Gasteiger partial charge in [-0.25, -0.2) is 22.6 Å². The molecule has 1 aliphatic carbocycles. The SMILES string of the molecule is COCCOC1(C(=O)O)CCC(c2nc3c(-c4cnc5ccc(F)cc5c4)cnn3c(N)c2S(C)(=O)=O)CC1. The molecule has 0 amide bonds. The minimum atomic E-state index is -3.82. The Bertz CT molecular complexity index is 1680. The lowest BCUT2D eigenvalue weighted by molar-refractivity contribution is -0.173. The Morgan fingerprint density at radius 1 is 1.23 bits per heavy atom. The highest BCUT2D eigenvalue weighted by molar-refractivity contribution is 7.91. The van der Waals surface area contributed by atoms with E-state index in [-0.39, 0.29) is 48.4 Å². The summed E-state index contributed by atoms with van der Waals surface area (Å²) in [6.45, 7) is 0.383. The highest BCUT2D eigenvalue weighted by Crippen LogP contribution is 2.43. The van der Waals surface area contributed by atoms with Crippen molar-refractivity contribution in [2.75, 3.05) is 32.3 Å². The van der Waals surface area contributed by atoms with Crippen LogP contribution in [0, 0.1) is 5.82 Å². The molecule has 3 aromatic heterocycles. The molecule has 0 unspecified atom stereocenters. The molecule has 0 bridgehead atoms. The van der Waals surface area contributed by atoms with Gasteiger partial charge >= 0.3 is 5.97 Å². The number of nitrogens with two attached hydrogens (primary N) is 1. The summed E-state index contributed by atoms with van der Waals surface area (Å²) in [6.07, 6.45) is 5.16. The van der Waals surface area contributed by atoms with Crippen LogP contribution < -0.4 is 5.73 Å². The molecule has 0 spiro atoms. The number of benzene rings is 1. The third kappa shape index (κ3) is 4.92. The molecule has 1 saturated carbocycles. The standard InChI is InChI=1S/C26H28FN5O6S/c1-37-9-10-38-26(25(33)34)7-5-15(6-8-26)21-22(39(2,35)36)23(28)32-24(31-21)19(14-30-32)17-11-16-12-18(27)3-4-20(16)29-13-17/h3-4,11-15H,5-10,28H2,1-2H3,(H,33,34). The van der Waals surface area contributed by atoms with Crippen molar-refractivity contribution < 1.29 is 32.2 Å². The van der Waals surface area contributed by atoms with Crippen molar-refractivity contribution in [1.29, 1.82) is 0 Å². The smallest absolute Gasteiger partial charge is 0.335 e. The number of methoxy groups -OCH3 is 1. The van der Waals surface area contributed by atoms with Crippen LogP contribution in [0.15, 0.2) is 41.6 Å². The second kappa shape index (κ2) is 10.1. The summed E-state index contributed by atoms with van der Waals surface area (Å²) in [5.74, 6) is -1.94. The van der Waals surface area contributed by atoms with E-state index in [9.17, 15) is 22.7 Å². The predicted molar refractivity (Wildman–Crippen MR) is 141 cm³/mol. The van der Waals surface area contributed by atoms with Gasteiger partial charge in [-0.3, -0.25) is 4.98 Å². The summed E-state index contributed by atoms with van der Waals surface area (Å²) in [7, 11) is -2.32. The average Bonchev–Trinajstić information content (AvgIpc) is 3.32. The van der Waals surface area contributed by atoms with Crippen LogP contribution in [-0.2, 0) is 24.1 Å². The number of nitrogens with zero attached hydrogens (tertiary/aromatic N) is 4. The second-order valence-corrected chi connectivity index (χ2v) is 11.7. The number of carboxylic acid groups (broad SMARTS) is 1. The number of hydrogen-bond acceptors (Lipinski definition) is 9. The van der Waals surface area contributed by atoms with E-state index in [1.54, 1.807) is 18.3 Å². The summed E-state index contributed by atoms with van der Waals surface area (Å²) >= 11 is 0. The summed E-state index contributed by atoms with van der Waals surface area (Å²) in [5, 5.41) is 14.8. The first-order chi connectivity index (χ1) is 18.5. The van der Waals surface area contributed by atoms with Gasteiger partial charge in [0, 0.05) is 42.0 Å². The quantitative estimate of drug-likeness (QED) is 0.308. The fourth-order valence-corrected chi connectivity index (χ4v) is 6.28. The maximum Gasteiger partial charge on any atom is 0.335 e. The Morgan fingerprint density at radius 2 is 1.97 bits per heavy atom. The van der Waals surface area contributed by atoms with Gasteiger partial charge in [0.05, 0.1) is 30.6 Å². The van der Waals surface area contributed by atoms with Gasteiger partial charge in [-0.05, 0) is 49.9 Å². The monoisotopic (exact) mass is 557 g/mol. The Kier molecular flexibility index (Phi) is 6.99. The zero-order valence-electron chi connectivity index (χ0n) is 21.4. The number of ether oxygens (including phenoxy) is 2. The minimum absolute atomic E-state index is 0.0880. The Morgan fingerprint density at radius 3 is 2.64 bits per heavy atom. The first-order valence-electron chi connectivity index (χ1n) is 12.3. The Labute approximate surface area is 223 Å². The van der Waals surface area contributed by atoms with E-state index in [0.717, 1.165) is 6.26 Å². The minimum Gasteiger partial charge on any atom is -0.479 e. The molecule has 206 valence electrons. The molecule has 1 aliphatic rings. The molecule has 3 N–H and O–H groups in total. The van der Waals surface area contributed by atoms with Gasteiger partial charge in [0.25, 0.3) is 0 Å². The predicted octanol–water partition coefficient (Wildman–Crippen LogP) is 3.21. The topological polar surface area (TPSA) is 159 Å². The summed E-state index contributed by atoms with van der Waals surface area (Å²) in [6, 6.07) is 6.04. The zero-order chi connectivity index (χ0) is 27.9. The lowest BCUT2D eigenvalue weighted by Crippen LogP contribution is -2.45. The van der Waals surface area contributed by atoms with Gasteiger partial charge in [0.2, 0.25) is 0 Å². The van der Waals surface area contributed by atoms with Crippen molar-refractivity contribution >= 4 is 38.2 Å². The van der Waals surface area contributed by atoms with Gasteiger partial charge in [-0.1, -0.05) is 0 Å². The summed E-state index contributed by atoms with van der Waals surface area (Å²) in [4.78, 5) is 21.1. The van der Waals surface area contributed by atoms with Crippen molar-refractivity contribution in [2.45, 2.75) is 42.1 Å². The number of rotatable bonds is 8. The number of anilines is 1. The number of hydrogen-bond donors (Lipinski definition) is 2. The largest absolute Gasteiger partial charge is 0.479 e. The molecule has 1 fully saturated rings. The molecule has 5 rings (SSSR count). The van der Waals surface area contributed by atoms with Gasteiger partial charge < -0.3 is 20.3 Å². The normalized spacial score (nSPS) is 20.0. The highest BCUT2D eigenvalue weighted by atomic mass is 32.2. The number of nitrogen functional groups attached to an aromatic ring is 1. The van der Waals surface area contributed by atoms with Crippen molar-refractivity contribution in [2.24, 2.45) is 0 Å². The summed E-state index contributed by atoms with van der Waals surface area (Å²) in [5.41, 5.74) is 7.34. The fraction of sp³-hybridized carbons (Fsp3) is 0.385. The number of halogens is 1. The van der Waals surface area contributed by atoms with E-state index < -0.39 is 27.2 Å². The molecule has 4 aromatic rings. The average molecular weight is 558 g/mol. The molecule has 39 heavy (non-hydrogen) atoms. The molecule has 3 heterocycles. The van der Waals surface area contributed by atoms with Gasteiger partial charge in [0.15, 0.2) is 21.1 Å². The molecular weight excluding hydrogens is 529 g/mol. The first-order valence-corrected chi connectivity index (χ1v) is 14.2. The molecule has 0 saturated heterocycles. The van der Waals surface area contributed by atoms with Crippen molar-refractivity contribution in [3.8, 4) is 11.1 Å². The highest BCUT2D eigenvalue weighted by Gasteiger charge is 2.44. The molecule has 0 aliphatic heterocycles. The van der Waals surface area contributed by atoms with Crippen LogP contribution in [0.3, 0.4) is 0 Å². The second-order valence-electron chi connectivity index (χ2n) is 9.75. The van der Waals surface area contributed by atoms with E-state index in [1.165, 1.54) is 30.0 Å². The third-order valence-electron chi connectivity index (χ3n) is 7.22.